The standard InChI is InChI=1S/C24H23F2N3O2S/c25-16-4-2-5-17(26)23(16)24-29-19(12-32-24)20(30)9-13-11-28-8-7-14(13)22-10-18(27)15-3-1-6-21(15)31-22/h2,4-5,7-8,11-12,15,18,21-22H,1,3,6,9-10,27H2/t15-,18-,21-,22-/m0/s1. The molecule has 1 aliphatic heterocycles. The van der Waals surface area contributed by atoms with Crippen molar-refractivity contribution in [3.8, 4) is 10.6 Å². The highest BCUT2D eigenvalue weighted by molar-refractivity contribution is 7.13. The van der Waals surface area contributed by atoms with Gasteiger partial charge in [-0.05, 0) is 48.6 Å². The molecule has 4 atom stereocenters. The molecule has 0 spiro atoms. The lowest BCUT2D eigenvalue weighted by Gasteiger charge is -2.38. The van der Waals surface area contributed by atoms with Crippen molar-refractivity contribution in [2.45, 2.75) is 50.4 Å². The Morgan fingerprint density at radius 2 is 2.03 bits per heavy atom. The number of hydrogen-bond donors (Lipinski definition) is 1. The Balaban J connectivity index is 1.37. The monoisotopic (exact) mass is 455 g/mol. The fourth-order valence-corrected chi connectivity index (χ4v) is 5.76. The number of benzene rings is 1. The lowest BCUT2D eigenvalue weighted by atomic mass is 9.85. The van der Waals surface area contributed by atoms with E-state index in [0.29, 0.717) is 12.3 Å². The van der Waals surface area contributed by atoms with E-state index in [9.17, 15) is 13.6 Å². The lowest BCUT2D eigenvalue weighted by molar-refractivity contribution is -0.0806. The second-order valence-electron chi connectivity index (χ2n) is 8.47. The molecule has 5 rings (SSSR count). The van der Waals surface area contributed by atoms with Crippen LogP contribution in [-0.4, -0.2) is 27.9 Å². The number of rotatable bonds is 5. The van der Waals surface area contributed by atoms with E-state index in [-0.39, 0.29) is 46.7 Å². The highest BCUT2D eigenvalue weighted by Crippen LogP contribution is 2.42. The zero-order valence-corrected chi connectivity index (χ0v) is 18.2. The number of carbonyl (C=O) groups excluding carboxylic acids is 1. The van der Waals surface area contributed by atoms with Crippen LogP contribution in [0.3, 0.4) is 0 Å². The minimum Gasteiger partial charge on any atom is -0.370 e. The number of halogens is 2. The summed E-state index contributed by atoms with van der Waals surface area (Å²) in [6.45, 7) is 0. The zero-order valence-electron chi connectivity index (χ0n) is 17.3. The van der Waals surface area contributed by atoms with Gasteiger partial charge in [-0.1, -0.05) is 12.5 Å². The van der Waals surface area contributed by atoms with E-state index >= 15 is 0 Å². The van der Waals surface area contributed by atoms with Gasteiger partial charge in [0.2, 0.25) is 0 Å². The fourth-order valence-electron chi connectivity index (χ4n) is 4.88. The van der Waals surface area contributed by atoms with Crippen molar-refractivity contribution >= 4 is 17.1 Å². The quantitative estimate of drug-likeness (QED) is 0.556. The number of nitrogens with two attached hydrogens (primary N) is 1. The van der Waals surface area contributed by atoms with Gasteiger partial charge in [0, 0.05) is 36.2 Å². The maximum absolute atomic E-state index is 14.1. The molecule has 1 saturated carbocycles. The molecule has 2 fully saturated rings. The third-order valence-corrected chi connectivity index (χ3v) is 7.34. The van der Waals surface area contributed by atoms with Gasteiger partial charge in [-0.3, -0.25) is 9.78 Å². The Hall–Kier alpha value is -2.55. The van der Waals surface area contributed by atoms with E-state index in [0.717, 1.165) is 41.7 Å². The molecule has 1 aliphatic carbocycles. The average Bonchev–Trinajstić information content (AvgIpc) is 3.44. The number of thiazole rings is 1. The first kappa shape index (κ1) is 21.3. The predicted molar refractivity (Wildman–Crippen MR) is 117 cm³/mol. The summed E-state index contributed by atoms with van der Waals surface area (Å²) in [6, 6.07) is 5.61. The van der Waals surface area contributed by atoms with Crippen LogP contribution in [0.4, 0.5) is 8.78 Å². The molecule has 5 nitrogen and oxygen atoms in total. The number of carbonyl (C=O) groups is 1. The van der Waals surface area contributed by atoms with E-state index in [4.69, 9.17) is 10.5 Å². The summed E-state index contributed by atoms with van der Waals surface area (Å²) in [5.74, 6) is -1.24. The summed E-state index contributed by atoms with van der Waals surface area (Å²) in [6.07, 6.45) is 7.40. The zero-order chi connectivity index (χ0) is 22.2. The number of fused-ring (bicyclic) bond motifs is 1. The Kier molecular flexibility index (Phi) is 5.84. The molecule has 0 amide bonds. The maximum Gasteiger partial charge on any atom is 0.186 e. The molecular formula is C24H23F2N3O2S. The van der Waals surface area contributed by atoms with Crippen molar-refractivity contribution in [2.24, 2.45) is 11.7 Å². The molecule has 2 N–H and O–H groups in total. The second-order valence-corrected chi connectivity index (χ2v) is 9.32. The van der Waals surface area contributed by atoms with Gasteiger partial charge in [0.1, 0.15) is 22.3 Å². The molecule has 2 aliphatic rings. The van der Waals surface area contributed by atoms with E-state index in [1.807, 2.05) is 6.07 Å². The van der Waals surface area contributed by atoms with Crippen LogP contribution in [0.15, 0.2) is 42.0 Å². The van der Waals surface area contributed by atoms with Gasteiger partial charge in [-0.15, -0.1) is 11.3 Å². The molecule has 3 heterocycles. The van der Waals surface area contributed by atoms with Crippen LogP contribution in [0.1, 0.15) is 53.4 Å². The normalized spacial score (nSPS) is 25.0. The smallest absolute Gasteiger partial charge is 0.186 e. The summed E-state index contributed by atoms with van der Waals surface area (Å²) < 4.78 is 34.5. The molecule has 32 heavy (non-hydrogen) atoms. The third-order valence-electron chi connectivity index (χ3n) is 6.48. The number of ether oxygens (including phenoxy) is 1. The number of hydrogen-bond acceptors (Lipinski definition) is 6. The van der Waals surface area contributed by atoms with Crippen molar-refractivity contribution < 1.29 is 18.3 Å². The van der Waals surface area contributed by atoms with Crippen molar-refractivity contribution in [1.82, 2.24) is 9.97 Å². The molecule has 0 unspecified atom stereocenters. The number of pyridine rings is 1. The van der Waals surface area contributed by atoms with E-state index in [2.05, 4.69) is 9.97 Å². The highest BCUT2D eigenvalue weighted by Gasteiger charge is 2.40. The minimum absolute atomic E-state index is 0.0785. The van der Waals surface area contributed by atoms with Crippen LogP contribution in [0.5, 0.6) is 0 Å². The van der Waals surface area contributed by atoms with Gasteiger partial charge >= 0.3 is 0 Å². The highest BCUT2D eigenvalue weighted by atomic mass is 32.1. The first-order valence-corrected chi connectivity index (χ1v) is 11.7. The van der Waals surface area contributed by atoms with E-state index < -0.39 is 11.6 Å². The number of Topliss-reactive ketones (excluding diaryl/α,β-unsaturated/α-hetero) is 1. The summed E-state index contributed by atoms with van der Waals surface area (Å²) in [4.78, 5) is 21.4. The molecular weight excluding hydrogens is 432 g/mol. The molecule has 1 aromatic carbocycles. The Morgan fingerprint density at radius 1 is 1.22 bits per heavy atom. The molecule has 0 radical (unpaired) electrons. The molecule has 2 aromatic heterocycles. The van der Waals surface area contributed by atoms with Crippen LogP contribution in [0.25, 0.3) is 10.6 Å². The third kappa shape index (κ3) is 3.98. The summed E-state index contributed by atoms with van der Waals surface area (Å²) in [5.41, 5.74) is 8.09. The van der Waals surface area contributed by atoms with Gasteiger partial charge < -0.3 is 10.5 Å². The Labute approximate surface area is 188 Å². The van der Waals surface area contributed by atoms with Gasteiger partial charge in [-0.2, -0.15) is 0 Å². The molecule has 8 heteroatoms. The van der Waals surface area contributed by atoms with Crippen molar-refractivity contribution in [3.63, 3.8) is 0 Å². The van der Waals surface area contributed by atoms with Crippen LogP contribution in [0, 0.1) is 17.6 Å². The van der Waals surface area contributed by atoms with Gasteiger partial charge in [0.05, 0.1) is 17.8 Å². The van der Waals surface area contributed by atoms with Gasteiger partial charge in [0.25, 0.3) is 0 Å². The van der Waals surface area contributed by atoms with E-state index in [1.54, 1.807) is 12.4 Å². The van der Waals surface area contributed by atoms with Crippen molar-refractivity contribution in [3.05, 3.63) is 70.5 Å². The molecule has 3 aromatic rings. The van der Waals surface area contributed by atoms with Crippen LogP contribution in [-0.2, 0) is 11.2 Å². The average molecular weight is 456 g/mol. The minimum atomic E-state index is -0.705. The number of nitrogens with zero attached hydrogens (tertiary/aromatic N) is 2. The van der Waals surface area contributed by atoms with E-state index in [1.165, 1.54) is 23.6 Å². The Bertz CT molecular complexity index is 1130. The van der Waals surface area contributed by atoms with Crippen LogP contribution < -0.4 is 5.73 Å². The second kappa shape index (κ2) is 8.77. The SMILES string of the molecule is N[C@H]1C[C@@H](c2ccncc2CC(=O)c2csc(-c3c(F)cccc3F)n2)O[C@H]2CCC[C@H]21. The van der Waals surface area contributed by atoms with Crippen molar-refractivity contribution in [2.75, 3.05) is 0 Å². The molecule has 166 valence electrons. The summed E-state index contributed by atoms with van der Waals surface area (Å²) >= 11 is 1.04. The topological polar surface area (TPSA) is 78.1 Å². The predicted octanol–water partition coefficient (Wildman–Crippen LogP) is 4.87. The van der Waals surface area contributed by atoms with Gasteiger partial charge in [-0.25, -0.2) is 13.8 Å². The van der Waals surface area contributed by atoms with Crippen LogP contribution >= 0.6 is 11.3 Å². The van der Waals surface area contributed by atoms with Crippen molar-refractivity contribution in [1.29, 1.82) is 0 Å². The first-order valence-electron chi connectivity index (χ1n) is 10.8. The number of ketones is 1. The maximum atomic E-state index is 14.1. The molecule has 0 bridgehead atoms. The first-order chi connectivity index (χ1) is 15.5. The largest absolute Gasteiger partial charge is 0.370 e. The lowest BCUT2D eigenvalue weighted by Crippen LogP contribution is -2.43. The number of aromatic nitrogens is 2. The van der Waals surface area contributed by atoms with Crippen LogP contribution in [0.2, 0.25) is 0 Å². The summed E-state index contributed by atoms with van der Waals surface area (Å²) in [7, 11) is 0. The summed E-state index contributed by atoms with van der Waals surface area (Å²) in [5, 5.41) is 1.68. The Morgan fingerprint density at radius 3 is 2.84 bits per heavy atom. The van der Waals surface area contributed by atoms with Gasteiger partial charge in [0.15, 0.2) is 5.78 Å². The molecule has 1 saturated heterocycles. The fraction of sp³-hybridized carbons (Fsp3) is 0.375.